The second-order valence-corrected chi connectivity index (χ2v) is 9.62. The smallest absolute Gasteiger partial charge is 0.332 e. The first-order valence-electron chi connectivity index (χ1n) is 11.3. The van der Waals surface area contributed by atoms with Gasteiger partial charge in [-0.3, -0.25) is 19.3 Å². The first-order chi connectivity index (χ1) is 17.2. The maximum Gasteiger partial charge on any atom is 0.332 e. The fraction of sp³-hybridized carbons (Fsp3) is 0.375. The number of hydrogen-bond acceptors (Lipinski definition) is 10. The van der Waals surface area contributed by atoms with E-state index in [1.165, 1.54) is 31.1 Å². The summed E-state index contributed by atoms with van der Waals surface area (Å²) in [5.74, 6) is -7.28. The molecular weight excluding hydrogens is 486 g/mol. The Bertz CT molecular complexity index is 1360. The molecule has 4 atom stereocenters. The Labute approximate surface area is 210 Å². The van der Waals surface area contributed by atoms with Crippen molar-refractivity contribution >= 4 is 35.0 Å². The number of carbonyl (C=O) groups is 4. The van der Waals surface area contributed by atoms with Gasteiger partial charge in [-0.25, -0.2) is 10.2 Å². The van der Waals surface area contributed by atoms with Crippen LogP contribution in [0.3, 0.4) is 0 Å². The quantitative estimate of drug-likeness (QED) is 0.154. The van der Waals surface area contributed by atoms with Crippen molar-refractivity contribution in [3.8, 4) is 5.75 Å². The summed E-state index contributed by atoms with van der Waals surface area (Å²) >= 11 is 0. The van der Waals surface area contributed by atoms with Crippen molar-refractivity contribution < 1.29 is 39.6 Å². The van der Waals surface area contributed by atoms with Gasteiger partial charge in [0.15, 0.2) is 11.4 Å². The molecule has 3 amide bonds. The van der Waals surface area contributed by atoms with Crippen LogP contribution in [0.15, 0.2) is 34.1 Å². The van der Waals surface area contributed by atoms with E-state index < -0.39 is 64.1 Å². The molecule has 0 bridgehead atoms. The van der Waals surface area contributed by atoms with Crippen LogP contribution in [-0.2, 0) is 20.8 Å². The van der Waals surface area contributed by atoms with E-state index in [0.29, 0.717) is 16.8 Å². The summed E-state index contributed by atoms with van der Waals surface area (Å²) in [5.41, 5.74) is 9.74. The highest BCUT2D eigenvalue weighted by Gasteiger charge is 2.64. The fourth-order valence-electron chi connectivity index (χ4n) is 5.78. The van der Waals surface area contributed by atoms with Gasteiger partial charge in [0.25, 0.3) is 5.91 Å². The molecular formula is C24H27N5O8. The van der Waals surface area contributed by atoms with Crippen molar-refractivity contribution in [2.75, 3.05) is 14.1 Å². The number of carbonyl (C=O) groups excluding carboxylic acids is 4. The molecule has 3 aliphatic rings. The molecule has 0 saturated heterocycles. The normalized spacial score (nSPS) is 27.6. The molecule has 1 unspecified atom stereocenters. The van der Waals surface area contributed by atoms with Gasteiger partial charge in [0.2, 0.25) is 5.78 Å². The Balaban J connectivity index is 1.95. The van der Waals surface area contributed by atoms with E-state index in [1.54, 1.807) is 6.92 Å². The van der Waals surface area contributed by atoms with E-state index in [1.807, 2.05) is 0 Å². The Hall–Kier alpha value is -4.23. The monoisotopic (exact) mass is 513 g/mol. The third-order valence-electron chi connectivity index (χ3n) is 7.33. The minimum absolute atomic E-state index is 0.0451. The Morgan fingerprint density at radius 3 is 2.38 bits per heavy atom. The molecule has 1 saturated carbocycles. The van der Waals surface area contributed by atoms with Crippen molar-refractivity contribution in [2.45, 2.75) is 31.4 Å². The zero-order valence-corrected chi connectivity index (χ0v) is 20.3. The number of aliphatic hydroxyl groups excluding tert-OH is 2. The number of benzene rings is 1. The van der Waals surface area contributed by atoms with E-state index in [9.17, 15) is 39.6 Å². The lowest BCUT2D eigenvalue weighted by molar-refractivity contribution is -0.153. The number of nitrogens with zero attached hydrogens (tertiary/aromatic N) is 2. The van der Waals surface area contributed by atoms with Crippen molar-refractivity contribution in [1.82, 2.24) is 10.3 Å². The number of Topliss-reactive ketones (excluding diaryl/α,β-unsaturated/α-hetero) is 2. The molecule has 1 aromatic rings. The zero-order chi connectivity index (χ0) is 27.6. The number of phenolic OH excluding ortho intramolecular Hbond substituents is 1. The molecule has 196 valence electrons. The van der Waals surface area contributed by atoms with E-state index in [2.05, 4.69) is 10.5 Å². The summed E-state index contributed by atoms with van der Waals surface area (Å²) in [5, 5.41) is 48.1. The summed E-state index contributed by atoms with van der Waals surface area (Å²) in [6.07, 6.45) is 0.0400. The predicted octanol–water partition coefficient (Wildman–Crippen LogP) is -0.644. The van der Waals surface area contributed by atoms with Gasteiger partial charge in [-0.2, -0.15) is 5.10 Å². The summed E-state index contributed by atoms with van der Waals surface area (Å²) < 4.78 is 0. The number of hydrogen-bond donors (Lipinski definition) is 7. The third-order valence-corrected chi connectivity index (χ3v) is 7.33. The van der Waals surface area contributed by atoms with Gasteiger partial charge < -0.3 is 31.9 Å². The number of nitrogens with two attached hydrogens (primary N) is 2. The van der Waals surface area contributed by atoms with Crippen LogP contribution in [0.4, 0.5) is 4.79 Å². The van der Waals surface area contributed by atoms with Crippen molar-refractivity contribution in [3.63, 3.8) is 0 Å². The van der Waals surface area contributed by atoms with Crippen LogP contribution >= 0.6 is 0 Å². The number of hydrazone groups is 1. The maximum absolute atomic E-state index is 13.8. The van der Waals surface area contributed by atoms with Crippen LogP contribution in [0.25, 0.3) is 5.76 Å². The number of aliphatic hydroxyl groups is 3. The summed E-state index contributed by atoms with van der Waals surface area (Å²) in [4.78, 5) is 51.4. The van der Waals surface area contributed by atoms with E-state index in [4.69, 9.17) is 11.5 Å². The van der Waals surface area contributed by atoms with Crippen molar-refractivity contribution in [2.24, 2.45) is 28.4 Å². The molecule has 1 fully saturated rings. The molecule has 37 heavy (non-hydrogen) atoms. The van der Waals surface area contributed by atoms with Gasteiger partial charge in [-0.05, 0) is 57.5 Å². The molecule has 0 aliphatic heterocycles. The molecule has 0 spiro atoms. The second kappa shape index (κ2) is 8.71. The minimum atomic E-state index is -2.71. The van der Waals surface area contributed by atoms with Crippen LogP contribution in [0, 0.1) is 11.8 Å². The number of aromatic hydroxyl groups is 1. The number of phenols is 1. The average molecular weight is 514 g/mol. The lowest BCUT2D eigenvalue weighted by Crippen LogP contribution is -2.65. The van der Waals surface area contributed by atoms with E-state index in [0.717, 1.165) is 0 Å². The van der Waals surface area contributed by atoms with Gasteiger partial charge in [0.1, 0.15) is 22.8 Å². The fourth-order valence-corrected chi connectivity index (χ4v) is 5.78. The van der Waals surface area contributed by atoms with Gasteiger partial charge >= 0.3 is 6.03 Å². The van der Waals surface area contributed by atoms with Crippen LogP contribution in [-0.4, -0.2) is 80.3 Å². The second-order valence-electron chi connectivity index (χ2n) is 9.62. The lowest BCUT2D eigenvalue weighted by Gasteiger charge is -2.50. The molecule has 13 nitrogen and oxygen atoms in total. The molecule has 0 heterocycles. The number of fused-ring (bicyclic) bond motifs is 3. The number of rotatable bonds is 4. The van der Waals surface area contributed by atoms with Gasteiger partial charge in [-0.1, -0.05) is 0 Å². The highest BCUT2D eigenvalue weighted by molar-refractivity contribution is 6.24. The largest absolute Gasteiger partial charge is 0.508 e. The lowest BCUT2D eigenvalue weighted by atomic mass is 9.57. The Morgan fingerprint density at radius 1 is 1.16 bits per heavy atom. The summed E-state index contributed by atoms with van der Waals surface area (Å²) in [6.45, 7) is 1.57. The summed E-state index contributed by atoms with van der Waals surface area (Å²) in [6, 6.07) is 0.719. The van der Waals surface area contributed by atoms with Crippen LogP contribution in [0.5, 0.6) is 5.75 Å². The number of likely N-dealkylation sites (N-methyl/N-ethyl adjacent to an activating group) is 1. The van der Waals surface area contributed by atoms with Gasteiger partial charge in [-0.15, -0.1) is 0 Å². The number of nitrogens with one attached hydrogen (secondary N) is 1. The van der Waals surface area contributed by atoms with E-state index >= 15 is 0 Å². The van der Waals surface area contributed by atoms with Gasteiger partial charge in [0.05, 0.1) is 17.3 Å². The number of primary amides is 2. The maximum atomic E-state index is 13.8. The highest BCUT2D eigenvalue weighted by atomic mass is 16.3. The van der Waals surface area contributed by atoms with E-state index in [-0.39, 0.29) is 29.7 Å². The zero-order valence-electron chi connectivity index (χ0n) is 20.3. The SMILES string of the molecule is C/C(=N/NC(N)=O)c1ccc(O)c2c1C[C@H]1C[C@H]3C(N(C)C)C(=O)C(C(N)=O)=C(O)[C@@]3(O)C(=O)C1=C2O. The van der Waals surface area contributed by atoms with Crippen molar-refractivity contribution in [3.05, 3.63) is 45.7 Å². The molecule has 0 aromatic heterocycles. The average Bonchev–Trinajstić information content (AvgIpc) is 2.79. The number of urea groups is 1. The molecule has 0 radical (unpaired) electrons. The molecule has 3 aliphatic carbocycles. The number of ketones is 2. The first-order valence-corrected chi connectivity index (χ1v) is 11.3. The molecule has 4 rings (SSSR count). The third kappa shape index (κ3) is 3.65. The molecule has 9 N–H and O–H groups in total. The number of amides is 3. The van der Waals surface area contributed by atoms with Crippen molar-refractivity contribution in [1.29, 1.82) is 0 Å². The Morgan fingerprint density at radius 2 is 1.81 bits per heavy atom. The summed E-state index contributed by atoms with van der Waals surface area (Å²) in [7, 11) is 3.05. The topological polar surface area (TPSA) is 229 Å². The Kier molecular flexibility index (Phi) is 6.08. The molecule has 1 aromatic carbocycles. The van der Waals surface area contributed by atoms with Crippen LogP contribution in [0.1, 0.15) is 30.0 Å². The molecule has 13 heteroatoms. The first kappa shape index (κ1) is 25.9. The highest BCUT2D eigenvalue weighted by Crippen LogP contribution is 2.52. The minimum Gasteiger partial charge on any atom is -0.508 e. The predicted molar refractivity (Wildman–Crippen MR) is 129 cm³/mol. The van der Waals surface area contributed by atoms with Crippen LogP contribution in [0.2, 0.25) is 0 Å². The standard InChI is InChI=1S/C24H27N5O8/c1-8(27-28-23(26)36)10-4-5-13(30)15-11(10)6-9-7-12-17(29(2)3)19(32)16(22(25)35)21(34)24(12,37)20(33)14(9)18(15)31/h4-5,9,12,17,30-31,34,37H,6-7H2,1-3H3,(H2,25,35)(H3,26,28,36)/b27-8-/t9-,12-,17?,24-/m0/s1. The van der Waals surface area contributed by atoms with Crippen LogP contribution < -0.4 is 16.9 Å². The van der Waals surface area contributed by atoms with Gasteiger partial charge in [0, 0.05) is 17.1 Å².